The fourth-order valence-corrected chi connectivity index (χ4v) is 7.95. The molecule has 4 nitrogen and oxygen atoms in total. The molecule has 0 aromatic rings. The van der Waals surface area contributed by atoms with Crippen LogP contribution in [0, 0.1) is 34.0 Å². The molecule has 4 heteroatoms. The number of rotatable bonds is 2. The van der Waals surface area contributed by atoms with Crippen molar-refractivity contribution in [1.82, 2.24) is 0 Å². The highest BCUT2D eigenvalue weighted by Gasteiger charge is 2.68. The van der Waals surface area contributed by atoms with Crippen molar-refractivity contribution in [2.45, 2.75) is 78.2 Å². The van der Waals surface area contributed by atoms with Crippen LogP contribution in [0.25, 0.3) is 0 Å². The number of ether oxygens (including phenoxy) is 1. The second kappa shape index (κ2) is 5.59. The van der Waals surface area contributed by atoms with Gasteiger partial charge in [0.2, 0.25) is 0 Å². The maximum atomic E-state index is 12.2. The molecule has 0 aromatic heterocycles. The third-order valence-corrected chi connectivity index (χ3v) is 8.95. The van der Waals surface area contributed by atoms with Gasteiger partial charge in [0.1, 0.15) is 6.10 Å². The van der Waals surface area contributed by atoms with Crippen LogP contribution in [0.15, 0.2) is 12.2 Å². The Labute approximate surface area is 156 Å². The molecule has 4 saturated carbocycles. The minimum Gasteiger partial charge on any atom is -0.481 e. The van der Waals surface area contributed by atoms with Gasteiger partial charge in [-0.3, -0.25) is 9.59 Å². The number of carbonyl (C=O) groups is 2. The van der Waals surface area contributed by atoms with Crippen LogP contribution < -0.4 is 0 Å². The molecule has 4 rings (SSSR count). The van der Waals surface area contributed by atoms with Gasteiger partial charge in [0.15, 0.2) is 0 Å². The van der Waals surface area contributed by atoms with Crippen LogP contribution in [-0.4, -0.2) is 23.1 Å². The molecule has 2 bridgehead atoms. The normalized spacial score (nSPS) is 49.9. The largest absolute Gasteiger partial charge is 0.481 e. The standard InChI is InChI=1S/C22H32O4/c1-13-15-6-7-17-20(3)9-5-10-21(4,19(24)25)16(20)8-11-22(17,12-15)18(13)26-14(2)23/h15-18H,1,5-12H2,2-4H3,(H,24,25)/t15?,16?,17?,18-,20+,21+,22+/m0/s1. The molecule has 4 fully saturated rings. The summed E-state index contributed by atoms with van der Waals surface area (Å²) >= 11 is 0. The van der Waals surface area contributed by atoms with Crippen molar-refractivity contribution in [1.29, 1.82) is 0 Å². The van der Waals surface area contributed by atoms with Gasteiger partial charge in [-0.05, 0) is 80.6 Å². The number of carboxylic acid groups (broad SMARTS) is 1. The van der Waals surface area contributed by atoms with E-state index >= 15 is 0 Å². The van der Waals surface area contributed by atoms with E-state index in [0.717, 1.165) is 56.9 Å². The molecule has 0 radical (unpaired) electrons. The molecule has 4 aliphatic carbocycles. The van der Waals surface area contributed by atoms with E-state index in [9.17, 15) is 14.7 Å². The van der Waals surface area contributed by atoms with E-state index < -0.39 is 11.4 Å². The van der Waals surface area contributed by atoms with Gasteiger partial charge in [-0.15, -0.1) is 0 Å². The lowest BCUT2D eigenvalue weighted by atomic mass is 9.40. The number of hydrogen-bond acceptors (Lipinski definition) is 3. The summed E-state index contributed by atoms with van der Waals surface area (Å²) in [6.45, 7) is 10.1. The van der Waals surface area contributed by atoms with E-state index in [1.54, 1.807) is 0 Å². The minimum absolute atomic E-state index is 0.0115. The number of hydrogen-bond donors (Lipinski definition) is 1. The Balaban J connectivity index is 1.77. The highest BCUT2D eigenvalue weighted by atomic mass is 16.5. The zero-order valence-corrected chi connectivity index (χ0v) is 16.3. The maximum absolute atomic E-state index is 12.2. The van der Waals surface area contributed by atoms with Gasteiger partial charge in [0.05, 0.1) is 5.41 Å². The quantitative estimate of drug-likeness (QED) is 0.578. The van der Waals surface area contributed by atoms with Crippen molar-refractivity contribution in [2.75, 3.05) is 0 Å². The Hall–Kier alpha value is -1.32. The van der Waals surface area contributed by atoms with E-state index in [0.29, 0.717) is 11.8 Å². The second-order valence-corrected chi connectivity index (χ2v) is 10.0. The van der Waals surface area contributed by atoms with Gasteiger partial charge in [-0.2, -0.15) is 0 Å². The molecule has 0 aromatic carbocycles. The first-order valence-corrected chi connectivity index (χ1v) is 10.2. The van der Waals surface area contributed by atoms with Gasteiger partial charge >= 0.3 is 11.9 Å². The van der Waals surface area contributed by atoms with E-state index in [2.05, 4.69) is 13.5 Å². The highest BCUT2D eigenvalue weighted by Crippen LogP contribution is 2.72. The molecule has 26 heavy (non-hydrogen) atoms. The van der Waals surface area contributed by atoms with Crippen molar-refractivity contribution in [3.8, 4) is 0 Å². The Bertz CT molecular complexity index is 669. The number of fused-ring (bicyclic) bond motifs is 3. The number of aliphatic carboxylic acids is 1. The van der Waals surface area contributed by atoms with Crippen LogP contribution in [0.2, 0.25) is 0 Å². The zero-order chi connectivity index (χ0) is 18.9. The predicted molar refractivity (Wildman–Crippen MR) is 98.4 cm³/mol. The SMILES string of the molecule is C=C1C2CCC3[C@]4(C)CCC[C@@](C)(C(=O)O)C4CC[C@]3(C2)[C@H]1OC(C)=O. The highest BCUT2D eigenvalue weighted by molar-refractivity contribution is 5.75. The van der Waals surface area contributed by atoms with Gasteiger partial charge in [-0.1, -0.05) is 19.9 Å². The number of esters is 1. The van der Waals surface area contributed by atoms with Gasteiger partial charge in [0, 0.05) is 12.3 Å². The van der Waals surface area contributed by atoms with Crippen LogP contribution in [0.1, 0.15) is 72.1 Å². The second-order valence-electron chi connectivity index (χ2n) is 10.0. The summed E-state index contributed by atoms with van der Waals surface area (Å²) in [6.07, 6.45) is 7.86. The number of carbonyl (C=O) groups excluding carboxylic acids is 1. The van der Waals surface area contributed by atoms with E-state index in [1.165, 1.54) is 6.92 Å². The summed E-state index contributed by atoms with van der Waals surface area (Å²) in [6, 6.07) is 0. The smallest absolute Gasteiger partial charge is 0.309 e. The average molecular weight is 360 g/mol. The summed E-state index contributed by atoms with van der Waals surface area (Å²) in [5.41, 5.74) is 0.477. The number of carboxylic acids is 1. The first-order chi connectivity index (χ1) is 12.1. The molecule has 7 atom stereocenters. The summed E-state index contributed by atoms with van der Waals surface area (Å²) < 4.78 is 5.87. The Morgan fingerprint density at radius 2 is 1.85 bits per heavy atom. The summed E-state index contributed by atoms with van der Waals surface area (Å²) in [4.78, 5) is 24.0. The average Bonchev–Trinajstić information content (AvgIpc) is 2.75. The molecule has 3 unspecified atom stereocenters. The van der Waals surface area contributed by atoms with Crippen molar-refractivity contribution in [3.63, 3.8) is 0 Å². The Kier molecular flexibility index (Phi) is 3.88. The fraction of sp³-hybridized carbons (Fsp3) is 0.818. The van der Waals surface area contributed by atoms with E-state index in [-0.39, 0.29) is 28.8 Å². The summed E-state index contributed by atoms with van der Waals surface area (Å²) in [5.74, 6) is 0.242. The maximum Gasteiger partial charge on any atom is 0.309 e. The fourth-order valence-electron chi connectivity index (χ4n) is 7.95. The molecular weight excluding hydrogens is 328 g/mol. The summed E-state index contributed by atoms with van der Waals surface area (Å²) in [5, 5.41) is 10.0. The Morgan fingerprint density at radius 3 is 2.50 bits per heavy atom. The lowest BCUT2D eigenvalue weighted by Gasteiger charge is -2.63. The van der Waals surface area contributed by atoms with Crippen LogP contribution in [0.5, 0.6) is 0 Å². The van der Waals surface area contributed by atoms with Crippen molar-refractivity contribution in [3.05, 3.63) is 12.2 Å². The topological polar surface area (TPSA) is 63.6 Å². The van der Waals surface area contributed by atoms with E-state index in [4.69, 9.17) is 4.74 Å². The van der Waals surface area contributed by atoms with Crippen LogP contribution in [-0.2, 0) is 14.3 Å². The molecule has 1 N–H and O–H groups in total. The van der Waals surface area contributed by atoms with E-state index in [1.807, 2.05) is 6.92 Å². The third kappa shape index (κ3) is 2.13. The van der Waals surface area contributed by atoms with Gasteiger partial charge in [0.25, 0.3) is 0 Å². The van der Waals surface area contributed by atoms with Crippen LogP contribution in [0.3, 0.4) is 0 Å². The first kappa shape index (κ1) is 18.1. The molecule has 0 aliphatic heterocycles. The molecule has 0 amide bonds. The van der Waals surface area contributed by atoms with Crippen molar-refractivity contribution in [2.24, 2.45) is 34.0 Å². The van der Waals surface area contributed by atoms with Crippen LogP contribution in [0.4, 0.5) is 0 Å². The third-order valence-electron chi connectivity index (χ3n) is 8.95. The first-order valence-electron chi connectivity index (χ1n) is 10.2. The van der Waals surface area contributed by atoms with Crippen LogP contribution >= 0.6 is 0 Å². The van der Waals surface area contributed by atoms with Gasteiger partial charge < -0.3 is 9.84 Å². The molecule has 1 spiro atoms. The summed E-state index contributed by atoms with van der Waals surface area (Å²) in [7, 11) is 0. The Morgan fingerprint density at radius 1 is 1.12 bits per heavy atom. The monoisotopic (exact) mass is 360 g/mol. The van der Waals surface area contributed by atoms with Gasteiger partial charge in [-0.25, -0.2) is 0 Å². The van der Waals surface area contributed by atoms with Crippen molar-refractivity contribution >= 4 is 11.9 Å². The molecule has 0 heterocycles. The molecule has 0 saturated heterocycles. The molecule has 4 aliphatic rings. The minimum atomic E-state index is -0.634. The zero-order valence-electron chi connectivity index (χ0n) is 16.3. The molecular formula is C22H32O4. The van der Waals surface area contributed by atoms with Crippen molar-refractivity contribution < 1.29 is 19.4 Å². The lowest BCUT2D eigenvalue weighted by molar-refractivity contribution is -0.195. The lowest BCUT2D eigenvalue weighted by Crippen LogP contribution is -2.60. The predicted octanol–water partition coefficient (Wildman–Crippen LogP) is 4.58. The molecule has 144 valence electrons.